The van der Waals surface area contributed by atoms with Crippen molar-refractivity contribution in [3.8, 4) is 6.07 Å². The number of nitrogens with zero attached hydrogens (tertiary/aromatic N) is 5. The van der Waals surface area contributed by atoms with Crippen LogP contribution in [0.4, 0.5) is 5.69 Å². The quantitative estimate of drug-likeness (QED) is 0.459. The fraction of sp³-hybridized carbons (Fsp3) is 0.476. The first kappa shape index (κ1) is 18.9. The molecule has 3 aromatic heterocycles. The van der Waals surface area contributed by atoms with E-state index in [2.05, 4.69) is 51.2 Å². The van der Waals surface area contributed by atoms with Gasteiger partial charge >= 0.3 is 0 Å². The Morgan fingerprint density at radius 1 is 1.21 bits per heavy atom. The van der Waals surface area contributed by atoms with Crippen molar-refractivity contribution >= 4 is 35.7 Å². The molecule has 1 aliphatic rings. The lowest BCUT2D eigenvalue weighted by Crippen LogP contribution is -2.22. The molecule has 0 unspecified atom stereocenters. The molecule has 3 aromatic rings. The summed E-state index contributed by atoms with van der Waals surface area (Å²) in [6.07, 6.45) is 6.10. The van der Waals surface area contributed by atoms with E-state index in [-0.39, 0.29) is 0 Å². The van der Waals surface area contributed by atoms with Gasteiger partial charge < -0.3 is 9.64 Å². The van der Waals surface area contributed by atoms with Crippen LogP contribution in [0.15, 0.2) is 24.5 Å². The molecule has 0 aromatic carbocycles. The second kappa shape index (κ2) is 7.53. The van der Waals surface area contributed by atoms with Crippen LogP contribution < -0.4 is 4.90 Å². The number of hydrogen-bond acceptors (Lipinski definition) is 5. The van der Waals surface area contributed by atoms with Gasteiger partial charge in [0.05, 0.1) is 17.1 Å². The van der Waals surface area contributed by atoms with Gasteiger partial charge in [-0.1, -0.05) is 19.6 Å². The molecular formula is C21H27N5OSi. The number of anilines is 1. The number of pyridine rings is 2. The van der Waals surface area contributed by atoms with E-state index in [9.17, 15) is 5.26 Å². The minimum atomic E-state index is -1.13. The van der Waals surface area contributed by atoms with Crippen molar-refractivity contribution in [3.63, 3.8) is 0 Å². The van der Waals surface area contributed by atoms with Crippen molar-refractivity contribution in [1.82, 2.24) is 14.5 Å². The molecule has 0 amide bonds. The molecule has 0 bridgehead atoms. The zero-order chi connectivity index (χ0) is 19.7. The molecule has 1 saturated heterocycles. The molecule has 1 aliphatic heterocycles. The van der Waals surface area contributed by atoms with E-state index in [4.69, 9.17) is 4.74 Å². The second-order valence-electron chi connectivity index (χ2n) is 8.70. The first-order valence-corrected chi connectivity index (χ1v) is 13.7. The Balaban J connectivity index is 1.79. The Morgan fingerprint density at radius 3 is 2.71 bits per heavy atom. The Labute approximate surface area is 166 Å². The third-order valence-corrected chi connectivity index (χ3v) is 7.09. The van der Waals surface area contributed by atoms with E-state index in [0.29, 0.717) is 12.4 Å². The third-order valence-electron chi connectivity index (χ3n) is 5.39. The van der Waals surface area contributed by atoms with Crippen molar-refractivity contribution in [3.05, 3.63) is 30.2 Å². The van der Waals surface area contributed by atoms with Gasteiger partial charge in [-0.05, 0) is 31.0 Å². The number of nitriles is 1. The molecule has 4 rings (SSSR count). The highest BCUT2D eigenvalue weighted by Crippen LogP contribution is 2.36. The Kier molecular flexibility index (Phi) is 5.09. The molecule has 0 atom stereocenters. The lowest BCUT2D eigenvalue weighted by Gasteiger charge is -2.19. The van der Waals surface area contributed by atoms with Crippen LogP contribution in [0.5, 0.6) is 0 Å². The number of rotatable bonds is 6. The largest absolute Gasteiger partial charge is 0.371 e. The molecule has 146 valence electrons. The van der Waals surface area contributed by atoms with Crippen molar-refractivity contribution in [2.24, 2.45) is 0 Å². The van der Waals surface area contributed by atoms with Crippen LogP contribution >= 0.6 is 0 Å². The summed E-state index contributed by atoms with van der Waals surface area (Å²) in [4.78, 5) is 11.4. The van der Waals surface area contributed by atoms with Crippen LogP contribution in [0.3, 0.4) is 0 Å². The second-order valence-corrected chi connectivity index (χ2v) is 14.3. The summed E-state index contributed by atoms with van der Waals surface area (Å²) in [7, 11) is -1.13. The Morgan fingerprint density at radius 2 is 2.00 bits per heavy atom. The predicted molar refractivity (Wildman–Crippen MR) is 115 cm³/mol. The third kappa shape index (κ3) is 3.62. The average Bonchev–Trinajstić information content (AvgIpc) is 3.31. The van der Waals surface area contributed by atoms with Gasteiger partial charge in [0.15, 0.2) is 0 Å². The van der Waals surface area contributed by atoms with Crippen molar-refractivity contribution in [1.29, 1.82) is 5.26 Å². The lowest BCUT2D eigenvalue weighted by atomic mass is 10.1. The van der Waals surface area contributed by atoms with Gasteiger partial charge in [0.25, 0.3) is 0 Å². The zero-order valence-corrected chi connectivity index (χ0v) is 17.9. The summed E-state index contributed by atoms with van der Waals surface area (Å²) in [5.74, 6) is 0. The fourth-order valence-corrected chi connectivity index (χ4v) is 4.59. The number of ether oxygens (including phenoxy) is 1. The standard InChI is InChI=1S/C21H27N5OSi/c1-28(2,3)11-10-27-15-26-19-14-24-16(13-22)12-17(19)20-18(6-7-23-21(20)26)25-8-4-5-9-25/h6-7,12,14H,4-5,8-11,15H2,1-3H3. The normalized spacial score (nSPS) is 14.9. The summed E-state index contributed by atoms with van der Waals surface area (Å²) < 4.78 is 8.14. The van der Waals surface area contributed by atoms with Crippen LogP contribution in [0, 0.1) is 11.3 Å². The molecule has 28 heavy (non-hydrogen) atoms. The van der Waals surface area contributed by atoms with E-state index in [1.54, 1.807) is 6.20 Å². The average molecular weight is 394 g/mol. The van der Waals surface area contributed by atoms with E-state index < -0.39 is 8.07 Å². The van der Waals surface area contributed by atoms with Gasteiger partial charge in [-0.3, -0.25) is 4.57 Å². The van der Waals surface area contributed by atoms with Gasteiger partial charge in [-0.2, -0.15) is 5.26 Å². The minimum Gasteiger partial charge on any atom is -0.371 e. The SMILES string of the molecule is C[Si](C)(C)CCOCn1c2cnc(C#N)cc2c2c(N3CCCC3)ccnc21. The maximum Gasteiger partial charge on any atom is 0.145 e. The summed E-state index contributed by atoms with van der Waals surface area (Å²) in [6.45, 7) is 10.4. The smallest absolute Gasteiger partial charge is 0.145 e. The number of fused-ring (bicyclic) bond motifs is 3. The predicted octanol–water partition coefficient (Wildman–Crippen LogP) is 4.37. The molecule has 7 heteroatoms. The van der Waals surface area contributed by atoms with Crippen molar-refractivity contribution < 1.29 is 4.74 Å². The van der Waals surface area contributed by atoms with Gasteiger partial charge in [0.2, 0.25) is 0 Å². The van der Waals surface area contributed by atoms with E-state index in [0.717, 1.165) is 47.7 Å². The summed E-state index contributed by atoms with van der Waals surface area (Å²) in [6, 6.07) is 7.28. The maximum absolute atomic E-state index is 9.34. The molecule has 0 spiro atoms. The van der Waals surface area contributed by atoms with Gasteiger partial charge in [-0.25, -0.2) is 9.97 Å². The van der Waals surface area contributed by atoms with Crippen molar-refractivity contribution in [2.75, 3.05) is 24.6 Å². The molecule has 0 radical (unpaired) electrons. The highest BCUT2D eigenvalue weighted by Gasteiger charge is 2.21. The fourth-order valence-electron chi connectivity index (χ4n) is 3.83. The highest BCUT2D eigenvalue weighted by atomic mass is 28.3. The van der Waals surface area contributed by atoms with Crippen molar-refractivity contribution in [2.45, 2.75) is 45.3 Å². The zero-order valence-electron chi connectivity index (χ0n) is 16.9. The van der Waals surface area contributed by atoms with E-state index in [1.807, 2.05) is 12.3 Å². The van der Waals surface area contributed by atoms with E-state index in [1.165, 1.54) is 18.5 Å². The summed E-state index contributed by atoms with van der Waals surface area (Å²) in [5, 5.41) is 11.5. The molecule has 0 N–H and O–H groups in total. The first-order chi connectivity index (χ1) is 13.5. The molecule has 6 nitrogen and oxygen atoms in total. The van der Waals surface area contributed by atoms with Gasteiger partial charge in [0.1, 0.15) is 24.1 Å². The Hall–Kier alpha value is -2.43. The highest BCUT2D eigenvalue weighted by molar-refractivity contribution is 6.76. The number of aromatic nitrogens is 3. The first-order valence-electron chi connectivity index (χ1n) is 9.98. The molecular weight excluding hydrogens is 366 g/mol. The number of hydrogen-bond donors (Lipinski definition) is 0. The van der Waals surface area contributed by atoms with Crippen LogP contribution in [0.1, 0.15) is 18.5 Å². The van der Waals surface area contributed by atoms with Crippen LogP contribution in [-0.4, -0.2) is 42.3 Å². The topological polar surface area (TPSA) is 67.0 Å². The van der Waals surface area contributed by atoms with Crippen LogP contribution in [0.25, 0.3) is 21.9 Å². The Bertz CT molecular complexity index is 1040. The van der Waals surface area contributed by atoms with Gasteiger partial charge in [-0.15, -0.1) is 0 Å². The summed E-state index contributed by atoms with van der Waals surface area (Å²) >= 11 is 0. The van der Waals surface area contributed by atoms with Gasteiger partial charge in [0, 0.05) is 45.0 Å². The molecule has 0 aliphatic carbocycles. The molecule has 1 fully saturated rings. The minimum absolute atomic E-state index is 0.433. The van der Waals surface area contributed by atoms with E-state index >= 15 is 0 Å². The van der Waals surface area contributed by atoms with Crippen LogP contribution in [-0.2, 0) is 11.5 Å². The maximum atomic E-state index is 9.34. The molecule has 4 heterocycles. The summed E-state index contributed by atoms with van der Waals surface area (Å²) in [5.41, 5.74) is 3.51. The van der Waals surface area contributed by atoms with Crippen LogP contribution in [0.2, 0.25) is 25.7 Å². The monoisotopic (exact) mass is 393 g/mol. The lowest BCUT2D eigenvalue weighted by molar-refractivity contribution is 0.0925. The molecule has 0 saturated carbocycles.